The fourth-order valence-corrected chi connectivity index (χ4v) is 2.92. The van der Waals surface area contributed by atoms with E-state index in [1.165, 1.54) is 0 Å². The van der Waals surface area contributed by atoms with Gasteiger partial charge in [0.1, 0.15) is 11.4 Å². The molecule has 1 amide bonds. The van der Waals surface area contributed by atoms with Crippen LogP contribution in [0.1, 0.15) is 30.1 Å². The van der Waals surface area contributed by atoms with Gasteiger partial charge in [0.25, 0.3) is 5.91 Å². The summed E-state index contributed by atoms with van der Waals surface area (Å²) >= 11 is 0. The van der Waals surface area contributed by atoms with Crippen molar-refractivity contribution in [3.63, 3.8) is 0 Å². The van der Waals surface area contributed by atoms with E-state index in [1.807, 2.05) is 25.1 Å². The smallest absolute Gasteiger partial charge is 0.257 e. The minimum atomic E-state index is -0.139. The predicted molar refractivity (Wildman–Crippen MR) is 92.3 cm³/mol. The molecule has 0 spiro atoms. The molecule has 6 heteroatoms. The molecule has 0 bridgehead atoms. The fraction of sp³-hybridized carbons (Fsp3) is 0.389. The van der Waals surface area contributed by atoms with Crippen LogP contribution in [0, 0.1) is 0 Å². The highest BCUT2D eigenvalue weighted by Crippen LogP contribution is 2.19. The largest absolute Gasteiger partial charge is 0.477 e. The van der Waals surface area contributed by atoms with Crippen molar-refractivity contribution in [3.05, 3.63) is 48.3 Å². The molecular weight excluding hydrogens is 304 g/mol. The summed E-state index contributed by atoms with van der Waals surface area (Å²) in [4.78, 5) is 23.3. The van der Waals surface area contributed by atoms with Gasteiger partial charge >= 0.3 is 0 Å². The molecule has 2 aromatic rings. The van der Waals surface area contributed by atoms with Crippen molar-refractivity contribution in [1.29, 1.82) is 0 Å². The first-order chi connectivity index (χ1) is 11.8. The van der Waals surface area contributed by atoms with Crippen LogP contribution in [-0.4, -0.2) is 41.6 Å². The van der Waals surface area contributed by atoms with Crippen LogP contribution in [0.25, 0.3) is 0 Å². The van der Waals surface area contributed by atoms with Crippen LogP contribution in [0.3, 0.4) is 0 Å². The summed E-state index contributed by atoms with van der Waals surface area (Å²) in [6, 6.07) is 9.46. The topological polar surface area (TPSA) is 67.3 Å². The summed E-state index contributed by atoms with van der Waals surface area (Å²) in [6.45, 7) is 4.07. The number of nitrogens with one attached hydrogen (secondary N) is 1. The van der Waals surface area contributed by atoms with Crippen LogP contribution < -0.4 is 15.0 Å². The molecule has 1 N–H and O–H groups in total. The molecule has 3 heterocycles. The summed E-state index contributed by atoms with van der Waals surface area (Å²) < 4.78 is 5.45. The third-order valence-corrected chi connectivity index (χ3v) is 4.03. The van der Waals surface area contributed by atoms with E-state index < -0.39 is 0 Å². The number of nitrogens with zero attached hydrogens (tertiary/aromatic N) is 3. The van der Waals surface area contributed by atoms with Crippen molar-refractivity contribution in [2.75, 3.05) is 24.6 Å². The molecule has 1 aliphatic heterocycles. The summed E-state index contributed by atoms with van der Waals surface area (Å²) in [5.74, 6) is 1.20. The Labute approximate surface area is 141 Å². The average Bonchev–Trinajstić information content (AvgIpc) is 2.63. The molecule has 1 atom stereocenters. The van der Waals surface area contributed by atoms with Gasteiger partial charge in [-0.15, -0.1) is 0 Å². The Morgan fingerprint density at radius 3 is 2.96 bits per heavy atom. The van der Waals surface area contributed by atoms with Gasteiger partial charge in [-0.25, -0.2) is 9.97 Å². The number of carbonyl (C=O) groups is 1. The monoisotopic (exact) mass is 326 g/mol. The fourth-order valence-electron chi connectivity index (χ4n) is 2.92. The maximum Gasteiger partial charge on any atom is 0.257 e. The van der Waals surface area contributed by atoms with Crippen molar-refractivity contribution in [2.24, 2.45) is 0 Å². The number of rotatable bonds is 5. The zero-order valence-corrected chi connectivity index (χ0v) is 13.8. The molecule has 1 fully saturated rings. The highest BCUT2D eigenvalue weighted by Gasteiger charge is 2.24. The standard InChI is InChI=1S/C18H22N4O2/c1-2-24-18-15(8-5-11-20-18)17(23)21-14-7-6-12-22(13-14)16-9-3-4-10-19-16/h3-5,8-11,14H,2,6-7,12-13H2,1H3,(H,21,23)/t14-/m1/s1. The number of aromatic nitrogens is 2. The summed E-state index contributed by atoms with van der Waals surface area (Å²) in [6.07, 6.45) is 5.40. The van der Waals surface area contributed by atoms with Gasteiger partial charge in [-0.2, -0.15) is 0 Å². The SMILES string of the molecule is CCOc1ncccc1C(=O)N[C@@H]1CCCN(c2ccccn2)C1. The number of carbonyl (C=O) groups excluding carboxylic acids is 1. The highest BCUT2D eigenvalue weighted by atomic mass is 16.5. The number of piperidine rings is 1. The Kier molecular flexibility index (Phi) is 5.25. The molecule has 24 heavy (non-hydrogen) atoms. The van der Waals surface area contributed by atoms with Gasteiger partial charge in [0.2, 0.25) is 5.88 Å². The van der Waals surface area contributed by atoms with Crippen molar-refractivity contribution in [1.82, 2.24) is 15.3 Å². The average molecular weight is 326 g/mol. The maximum absolute atomic E-state index is 12.6. The zero-order chi connectivity index (χ0) is 16.8. The first-order valence-corrected chi connectivity index (χ1v) is 8.32. The Hall–Kier alpha value is -2.63. The normalized spacial score (nSPS) is 17.4. The molecule has 0 aliphatic carbocycles. The van der Waals surface area contributed by atoms with Crippen LogP contribution in [0.2, 0.25) is 0 Å². The van der Waals surface area contributed by atoms with E-state index in [1.54, 1.807) is 24.5 Å². The number of hydrogen-bond donors (Lipinski definition) is 1. The van der Waals surface area contributed by atoms with E-state index in [0.29, 0.717) is 18.1 Å². The maximum atomic E-state index is 12.6. The molecule has 0 aromatic carbocycles. The van der Waals surface area contributed by atoms with Gasteiger partial charge in [-0.05, 0) is 44.0 Å². The van der Waals surface area contributed by atoms with E-state index in [2.05, 4.69) is 20.2 Å². The van der Waals surface area contributed by atoms with E-state index in [9.17, 15) is 4.79 Å². The lowest BCUT2D eigenvalue weighted by atomic mass is 10.1. The number of anilines is 1. The van der Waals surface area contributed by atoms with Gasteiger partial charge in [-0.3, -0.25) is 4.79 Å². The van der Waals surface area contributed by atoms with E-state index >= 15 is 0 Å². The first-order valence-electron chi connectivity index (χ1n) is 8.32. The Balaban J connectivity index is 1.66. The quantitative estimate of drug-likeness (QED) is 0.913. The molecule has 1 saturated heterocycles. The minimum Gasteiger partial charge on any atom is -0.477 e. The number of pyridine rings is 2. The molecule has 0 saturated carbocycles. The summed E-state index contributed by atoms with van der Waals surface area (Å²) in [7, 11) is 0. The van der Waals surface area contributed by atoms with Crippen molar-refractivity contribution < 1.29 is 9.53 Å². The van der Waals surface area contributed by atoms with Crippen molar-refractivity contribution in [2.45, 2.75) is 25.8 Å². The third-order valence-electron chi connectivity index (χ3n) is 4.03. The van der Waals surface area contributed by atoms with Crippen LogP contribution in [-0.2, 0) is 0 Å². The summed E-state index contributed by atoms with van der Waals surface area (Å²) in [5.41, 5.74) is 0.481. The molecule has 2 aromatic heterocycles. The van der Waals surface area contributed by atoms with Crippen molar-refractivity contribution in [3.8, 4) is 5.88 Å². The molecule has 1 aliphatic rings. The second-order valence-electron chi connectivity index (χ2n) is 5.74. The van der Waals surface area contributed by atoms with Crippen LogP contribution in [0.4, 0.5) is 5.82 Å². The van der Waals surface area contributed by atoms with Gasteiger partial charge < -0.3 is 15.0 Å². The molecule has 0 radical (unpaired) electrons. The highest BCUT2D eigenvalue weighted by molar-refractivity contribution is 5.96. The lowest BCUT2D eigenvalue weighted by molar-refractivity contribution is 0.0928. The van der Waals surface area contributed by atoms with E-state index in [0.717, 1.165) is 31.7 Å². The molecular formula is C18H22N4O2. The van der Waals surface area contributed by atoms with E-state index in [-0.39, 0.29) is 11.9 Å². The molecule has 3 rings (SSSR count). The predicted octanol–water partition coefficient (Wildman–Crippen LogP) is 2.27. The number of amides is 1. The first kappa shape index (κ1) is 16.2. The van der Waals surface area contributed by atoms with Crippen molar-refractivity contribution >= 4 is 11.7 Å². The Bertz CT molecular complexity index is 678. The van der Waals surface area contributed by atoms with Crippen LogP contribution in [0.5, 0.6) is 5.88 Å². The molecule has 0 unspecified atom stereocenters. The third kappa shape index (κ3) is 3.82. The van der Waals surface area contributed by atoms with Gasteiger partial charge in [-0.1, -0.05) is 6.07 Å². The van der Waals surface area contributed by atoms with Gasteiger partial charge in [0, 0.05) is 31.5 Å². The summed E-state index contributed by atoms with van der Waals surface area (Å²) in [5, 5.41) is 3.11. The Morgan fingerprint density at radius 1 is 1.29 bits per heavy atom. The minimum absolute atomic E-state index is 0.0861. The Morgan fingerprint density at radius 2 is 2.17 bits per heavy atom. The van der Waals surface area contributed by atoms with Crippen LogP contribution >= 0.6 is 0 Å². The number of hydrogen-bond acceptors (Lipinski definition) is 5. The van der Waals surface area contributed by atoms with Crippen LogP contribution in [0.15, 0.2) is 42.7 Å². The number of ether oxygens (including phenoxy) is 1. The molecule has 126 valence electrons. The van der Waals surface area contributed by atoms with E-state index in [4.69, 9.17) is 4.74 Å². The molecule has 6 nitrogen and oxygen atoms in total. The second-order valence-corrected chi connectivity index (χ2v) is 5.74. The van der Waals surface area contributed by atoms with Gasteiger partial charge in [0.15, 0.2) is 0 Å². The zero-order valence-electron chi connectivity index (χ0n) is 13.8. The lowest BCUT2D eigenvalue weighted by Gasteiger charge is -2.34. The second kappa shape index (κ2) is 7.77. The van der Waals surface area contributed by atoms with Gasteiger partial charge in [0.05, 0.1) is 6.61 Å². The lowest BCUT2D eigenvalue weighted by Crippen LogP contribution is -2.48.